The van der Waals surface area contributed by atoms with Crippen LogP contribution >= 0.6 is 0 Å². The van der Waals surface area contributed by atoms with E-state index in [1.54, 1.807) is 14.0 Å². The van der Waals surface area contributed by atoms with E-state index in [4.69, 9.17) is 4.74 Å². The number of carbonyl (C=O) groups excluding carboxylic acids is 1. The quantitative estimate of drug-likeness (QED) is 0.550. The fourth-order valence-corrected chi connectivity index (χ4v) is 0.488. The maximum Gasteiger partial charge on any atom is 0.132 e. The minimum absolute atomic E-state index is 0.0764. The van der Waals surface area contributed by atoms with Gasteiger partial charge in [0.25, 0.3) is 0 Å². The van der Waals surface area contributed by atoms with Gasteiger partial charge < -0.3 is 4.74 Å². The van der Waals surface area contributed by atoms with E-state index >= 15 is 0 Å². The molecule has 0 saturated carbocycles. The van der Waals surface area contributed by atoms with Crippen molar-refractivity contribution in [3.63, 3.8) is 0 Å². The molecule has 0 aromatic carbocycles. The Bertz CT molecular complexity index is 78.6. The molecule has 0 rings (SSSR count). The molecule has 2 nitrogen and oxygen atoms in total. The van der Waals surface area contributed by atoms with Gasteiger partial charge in [-0.3, -0.25) is 4.79 Å². The molecule has 0 radical (unpaired) electrons. The molecule has 8 heavy (non-hydrogen) atoms. The highest BCUT2D eigenvalue weighted by molar-refractivity contribution is 5.75. The number of ether oxygens (including phenoxy) is 1. The molecular weight excluding hydrogens is 104 g/mol. The van der Waals surface area contributed by atoms with E-state index in [-0.39, 0.29) is 11.9 Å². The van der Waals surface area contributed by atoms with E-state index in [1.165, 1.54) is 0 Å². The molecule has 48 valence electrons. The lowest BCUT2D eigenvalue weighted by Crippen LogP contribution is -2.08. The lowest BCUT2D eigenvalue weighted by Gasteiger charge is -2.03. The minimum Gasteiger partial charge on any atom is -0.381 e. The highest BCUT2D eigenvalue weighted by Crippen LogP contribution is 1.94. The summed E-state index contributed by atoms with van der Waals surface area (Å²) in [5, 5.41) is 0. The van der Waals surface area contributed by atoms with Crippen molar-refractivity contribution in [2.75, 3.05) is 7.11 Å². The Kier molecular flexibility index (Phi) is 3.44. The first-order valence-electron chi connectivity index (χ1n) is 2.69. The van der Waals surface area contributed by atoms with Crippen molar-refractivity contribution in [3.8, 4) is 0 Å². The number of Topliss-reactive ketones (excluding diaryl/α,β-unsaturated/α-hetero) is 1. The standard InChI is InChI=1S/C6H12O2/c1-5(7)4-6(2)8-3/h6H,4H2,1-3H3. The molecule has 0 aliphatic carbocycles. The molecule has 1 atom stereocenters. The first-order chi connectivity index (χ1) is 3.66. The Labute approximate surface area is 49.8 Å². The Morgan fingerprint density at radius 3 is 2.38 bits per heavy atom. The van der Waals surface area contributed by atoms with Crippen molar-refractivity contribution in [2.45, 2.75) is 26.4 Å². The molecule has 2 heteroatoms. The van der Waals surface area contributed by atoms with Gasteiger partial charge in [-0.1, -0.05) is 0 Å². The van der Waals surface area contributed by atoms with Crippen molar-refractivity contribution in [3.05, 3.63) is 0 Å². The van der Waals surface area contributed by atoms with Crippen molar-refractivity contribution in [1.29, 1.82) is 0 Å². The van der Waals surface area contributed by atoms with Crippen LogP contribution in [0.3, 0.4) is 0 Å². The van der Waals surface area contributed by atoms with Crippen molar-refractivity contribution >= 4 is 5.78 Å². The molecule has 0 aliphatic rings. The summed E-state index contributed by atoms with van der Waals surface area (Å²) in [6, 6.07) is 0. The van der Waals surface area contributed by atoms with Gasteiger partial charge in [0.05, 0.1) is 6.10 Å². The maximum absolute atomic E-state index is 10.3. The lowest BCUT2D eigenvalue weighted by atomic mass is 10.2. The average Bonchev–Trinajstić information content (AvgIpc) is 1.65. The normalized spacial score (nSPS) is 13.4. The number of rotatable bonds is 3. The van der Waals surface area contributed by atoms with Crippen LogP contribution in [0.5, 0.6) is 0 Å². The predicted molar refractivity (Wildman–Crippen MR) is 31.8 cm³/mol. The molecule has 0 heterocycles. The minimum atomic E-state index is 0.0764. The Balaban J connectivity index is 3.24. The third kappa shape index (κ3) is 3.81. The summed E-state index contributed by atoms with van der Waals surface area (Å²) in [6.45, 7) is 3.44. The Hall–Kier alpha value is -0.370. The predicted octanol–water partition coefficient (Wildman–Crippen LogP) is 1.00. The first kappa shape index (κ1) is 7.63. The van der Waals surface area contributed by atoms with Gasteiger partial charge >= 0.3 is 0 Å². The SMILES string of the molecule is COC(C)CC(C)=O. The number of methoxy groups -OCH3 is 1. The van der Waals surface area contributed by atoms with Crippen LogP contribution in [0.4, 0.5) is 0 Å². The molecule has 0 aromatic heterocycles. The molecule has 0 amide bonds. The van der Waals surface area contributed by atoms with E-state index in [0.29, 0.717) is 6.42 Å². The van der Waals surface area contributed by atoms with Crippen molar-refractivity contribution in [2.24, 2.45) is 0 Å². The fourth-order valence-electron chi connectivity index (χ4n) is 0.488. The second-order valence-corrected chi connectivity index (χ2v) is 1.95. The summed E-state index contributed by atoms with van der Waals surface area (Å²) in [5.74, 6) is 0.180. The van der Waals surface area contributed by atoms with E-state index in [2.05, 4.69) is 0 Å². The highest BCUT2D eigenvalue weighted by atomic mass is 16.5. The van der Waals surface area contributed by atoms with Crippen LogP contribution in [0.25, 0.3) is 0 Å². The highest BCUT2D eigenvalue weighted by Gasteiger charge is 2.00. The topological polar surface area (TPSA) is 26.3 Å². The number of ketones is 1. The summed E-state index contributed by atoms with van der Waals surface area (Å²) >= 11 is 0. The molecule has 0 spiro atoms. The van der Waals surface area contributed by atoms with Crippen LogP contribution < -0.4 is 0 Å². The zero-order chi connectivity index (χ0) is 6.57. The summed E-state index contributed by atoms with van der Waals surface area (Å²) in [4.78, 5) is 10.3. The van der Waals surface area contributed by atoms with E-state index in [1.807, 2.05) is 6.92 Å². The maximum atomic E-state index is 10.3. The Morgan fingerprint density at radius 2 is 2.25 bits per heavy atom. The summed E-state index contributed by atoms with van der Waals surface area (Å²) in [7, 11) is 1.60. The van der Waals surface area contributed by atoms with Crippen LogP contribution in [0.2, 0.25) is 0 Å². The lowest BCUT2D eigenvalue weighted by molar-refractivity contribution is -0.119. The van der Waals surface area contributed by atoms with Gasteiger partial charge in [0, 0.05) is 13.5 Å². The second kappa shape index (κ2) is 3.61. The molecule has 0 fully saturated rings. The third-order valence-electron chi connectivity index (χ3n) is 0.977. The molecule has 0 aromatic rings. The number of hydrogen-bond donors (Lipinski definition) is 0. The van der Waals surface area contributed by atoms with Gasteiger partial charge in [0.2, 0.25) is 0 Å². The van der Waals surface area contributed by atoms with Gasteiger partial charge in [0.1, 0.15) is 5.78 Å². The van der Waals surface area contributed by atoms with Gasteiger partial charge in [0.15, 0.2) is 0 Å². The first-order valence-corrected chi connectivity index (χ1v) is 2.69. The van der Waals surface area contributed by atoms with E-state index < -0.39 is 0 Å². The van der Waals surface area contributed by atoms with E-state index in [9.17, 15) is 4.79 Å². The molecule has 0 aliphatic heterocycles. The smallest absolute Gasteiger partial charge is 0.132 e. The van der Waals surface area contributed by atoms with Crippen LogP contribution in [0, 0.1) is 0 Å². The number of hydrogen-bond acceptors (Lipinski definition) is 2. The number of carbonyl (C=O) groups is 1. The van der Waals surface area contributed by atoms with Crippen LogP contribution in [0.15, 0.2) is 0 Å². The fraction of sp³-hybridized carbons (Fsp3) is 0.833. The third-order valence-corrected chi connectivity index (χ3v) is 0.977. The van der Waals surface area contributed by atoms with Crippen LogP contribution in [-0.4, -0.2) is 19.0 Å². The monoisotopic (exact) mass is 116 g/mol. The Morgan fingerprint density at radius 1 is 1.75 bits per heavy atom. The zero-order valence-corrected chi connectivity index (χ0v) is 5.60. The average molecular weight is 116 g/mol. The van der Waals surface area contributed by atoms with Crippen LogP contribution in [0.1, 0.15) is 20.3 Å². The molecule has 0 N–H and O–H groups in total. The van der Waals surface area contributed by atoms with Crippen LogP contribution in [-0.2, 0) is 9.53 Å². The largest absolute Gasteiger partial charge is 0.381 e. The second-order valence-electron chi connectivity index (χ2n) is 1.95. The van der Waals surface area contributed by atoms with Crippen molar-refractivity contribution in [1.82, 2.24) is 0 Å². The molecular formula is C6H12O2. The van der Waals surface area contributed by atoms with Gasteiger partial charge in [-0.2, -0.15) is 0 Å². The van der Waals surface area contributed by atoms with Crippen molar-refractivity contribution < 1.29 is 9.53 Å². The van der Waals surface area contributed by atoms with E-state index in [0.717, 1.165) is 0 Å². The molecule has 0 saturated heterocycles. The summed E-state index contributed by atoms with van der Waals surface area (Å²) < 4.78 is 4.84. The van der Waals surface area contributed by atoms with Gasteiger partial charge in [-0.05, 0) is 13.8 Å². The summed E-state index contributed by atoms with van der Waals surface area (Å²) in [5.41, 5.74) is 0. The molecule has 0 bridgehead atoms. The summed E-state index contributed by atoms with van der Waals surface area (Å²) in [6.07, 6.45) is 0.601. The zero-order valence-electron chi connectivity index (χ0n) is 5.60. The van der Waals surface area contributed by atoms with Gasteiger partial charge in [-0.25, -0.2) is 0 Å². The molecule has 1 unspecified atom stereocenters. The van der Waals surface area contributed by atoms with Gasteiger partial charge in [-0.15, -0.1) is 0 Å².